The maximum atomic E-state index is 7.10. The van der Waals surface area contributed by atoms with E-state index in [1.807, 2.05) is 7.11 Å². The van der Waals surface area contributed by atoms with Crippen LogP contribution in [0.15, 0.2) is 0 Å². The Morgan fingerprint density at radius 3 is 1.30 bits per heavy atom. The summed E-state index contributed by atoms with van der Waals surface area (Å²) in [6, 6.07) is 0. The largest absolute Gasteiger partial charge is 0.337 e. The summed E-state index contributed by atoms with van der Waals surface area (Å²) in [6.07, 6.45) is 17.0. The Hall–Kier alpha value is -1.03. The second-order valence-corrected chi connectivity index (χ2v) is 10.8. The zero-order valence-electron chi connectivity index (χ0n) is 15.7. The van der Waals surface area contributed by atoms with Gasteiger partial charge in [-0.2, -0.15) is 10.5 Å². The molecule has 0 amide bonds. The van der Waals surface area contributed by atoms with Crippen LogP contribution >= 0.6 is 7.26 Å². The number of hydrogen-bond acceptors (Lipinski definition) is 5. The van der Waals surface area contributed by atoms with E-state index in [0.717, 1.165) is 6.61 Å². The zero-order valence-corrected chi connectivity index (χ0v) is 16.7. The molecule has 0 atom stereocenters. The molecule has 23 heavy (non-hydrogen) atoms. The number of hydrogen-bond donors (Lipinski definition) is 2. The van der Waals surface area contributed by atoms with Crippen LogP contribution in [-0.4, -0.2) is 38.4 Å². The first kappa shape index (κ1) is 26.8. The minimum absolute atomic E-state index is 1.00. The first-order valence-corrected chi connectivity index (χ1v) is 11.6. The molecule has 4 N–H and O–H groups in total. The summed E-state index contributed by atoms with van der Waals surface area (Å²) in [6.45, 7) is 7.99. The SMILES string of the molecule is CCCC[PH](CCCC)(CCCC)CCOC.N#CN.N#CN. The fourth-order valence-electron chi connectivity index (χ4n) is 2.72. The van der Waals surface area contributed by atoms with Crippen molar-refractivity contribution in [2.45, 2.75) is 59.3 Å². The average Bonchev–Trinajstić information content (AvgIpc) is 2.55. The van der Waals surface area contributed by atoms with Crippen molar-refractivity contribution in [3.8, 4) is 12.4 Å². The third-order valence-corrected chi connectivity index (χ3v) is 9.53. The van der Waals surface area contributed by atoms with E-state index in [9.17, 15) is 0 Å². The molecule has 0 saturated heterocycles. The van der Waals surface area contributed by atoms with Gasteiger partial charge in [-0.1, -0.05) is 0 Å². The van der Waals surface area contributed by atoms with Gasteiger partial charge in [-0.25, -0.2) is 0 Å². The fourth-order valence-corrected chi connectivity index (χ4v) is 8.17. The quantitative estimate of drug-likeness (QED) is 0.318. The predicted octanol–water partition coefficient (Wildman–Crippen LogP) is 3.64. The van der Waals surface area contributed by atoms with E-state index >= 15 is 0 Å². The first-order valence-electron chi connectivity index (χ1n) is 8.76. The number of unbranched alkanes of at least 4 members (excludes halogenated alkanes) is 3. The van der Waals surface area contributed by atoms with E-state index in [4.69, 9.17) is 15.3 Å². The molecule has 0 fully saturated rings. The van der Waals surface area contributed by atoms with E-state index in [-0.39, 0.29) is 0 Å². The van der Waals surface area contributed by atoms with Gasteiger partial charge in [0.2, 0.25) is 0 Å². The Morgan fingerprint density at radius 1 is 0.783 bits per heavy atom. The molecular weight excluding hydrogens is 307 g/mol. The Bertz CT molecular complexity index is 250. The van der Waals surface area contributed by atoms with Gasteiger partial charge < -0.3 is 11.5 Å². The molecule has 138 valence electrons. The van der Waals surface area contributed by atoms with Gasteiger partial charge in [0.25, 0.3) is 0 Å². The summed E-state index contributed by atoms with van der Waals surface area (Å²) >= 11 is 0. The predicted molar refractivity (Wildman–Crippen MR) is 104 cm³/mol. The molecule has 5 nitrogen and oxygen atoms in total. The van der Waals surface area contributed by atoms with Crippen molar-refractivity contribution < 1.29 is 4.74 Å². The number of nitrogens with two attached hydrogens (primary N) is 2. The Labute approximate surface area is 144 Å². The molecule has 0 aliphatic rings. The fraction of sp³-hybridized carbons (Fsp3) is 0.882. The van der Waals surface area contributed by atoms with Crippen LogP contribution in [0.1, 0.15) is 59.3 Å². The van der Waals surface area contributed by atoms with E-state index in [0.29, 0.717) is 0 Å². The molecule has 0 aromatic heterocycles. The maximum absolute atomic E-state index is 7.10. The van der Waals surface area contributed by atoms with Gasteiger partial charge in [0, 0.05) is 0 Å². The monoisotopic (exact) mass is 346 g/mol. The number of rotatable bonds is 12. The molecule has 0 aromatic carbocycles. The van der Waals surface area contributed by atoms with Crippen molar-refractivity contribution >= 4 is 7.26 Å². The van der Waals surface area contributed by atoms with Crippen LogP contribution in [0, 0.1) is 22.9 Å². The summed E-state index contributed by atoms with van der Waals surface area (Å²) in [7, 11) is 0.855. The van der Waals surface area contributed by atoms with Gasteiger partial charge >= 0.3 is 110 Å². The van der Waals surface area contributed by atoms with Crippen molar-refractivity contribution in [3.05, 3.63) is 0 Å². The van der Waals surface area contributed by atoms with Crippen molar-refractivity contribution in [1.29, 1.82) is 10.5 Å². The van der Waals surface area contributed by atoms with Gasteiger partial charge in [0.1, 0.15) is 0 Å². The molecule has 0 saturated carbocycles. The number of nitrogens with zero attached hydrogens (tertiary/aromatic N) is 2. The van der Waals surface area contributed by atoms with E-state index in [2.05, 4.69) is 32.2 Å². The van der Waals surface area contributed by atoms with Crippen LogP contribution in [0.4, 0.5) is 0 Å². The Morgan fingerprint density at radius 2 is 1.09 bits per heavy atom. The molecule has 0 bridgehead atoms. The number of ether oxygens (including phenoxy) is 1. The van der Waals surface area contributed by atoms with Crippen molar-refractivity contribution in [2.75, 3.05) is 38.4 Å². The van der Waals surface area contributed by atoms with Gasteiger partial charge in [0.15, 0.2) is 12.4 Å². The molecule has 0 aliphatic heterocycles. The van der Waals surface area contributed by atoms with Gasteiger partial charge in [-0.3, -0.25) is 0 Å². The van der Waals surface area contributed by atoms with Crippen LogP contribution in [0.2, 0.25) is 0 Å². The third-order valence-electron chi connectivity index (χ3n) is 4.02. The van der Waals surface area contributed by atoms with Gasteiger partial charge in [0.05, 0.1) is 0 Å². The minimum Gasteiger partial charge on any atom is -0.337 e. The average molecular weight is 346 g/mol. The van der Waals surface area contributed by atoms with Crippen LogP contribution in [0.5, 0.6) is 0 Å². The standard InChI is InChI=1S/C15H35OP.2CH2N2/c1-5-8-12-17(13-9-6-2,14-10-7-3)15-11-16-4;2*2-1-3/h17H,5-15H2,1-4H3;2*2H2. The second-order valence-electron chi connectivity index (χ2n) is 5.81. The smallest absolute Gasteiger partial charge is 0.173 e. The van der Waals surface area contributed by atoms with E-state index < -0.39 is 7.26 Å². The summed E-state index contributed by atoms with van der Waals surface area (Å²) < 4.78 is 5.37. The van der Waals surface area contributed by atoms with Crippen molar-refractivity contribution in [3.63, 3.8) is 0 Å². The van der Waals surface area contributed by atoms with Crippen LogP contribution in [0.25, 0.3) is 0 Å². The Kier molecular flexibility index (Phi) is 27.1. The number of nitriles is 2. The number of methoxy groups -OCH3 is 1. The molecule has 6 heteroatoms. The third kappa shape index (κ3) is 21.0. The normalized spacial score (nSPS) is 10.2. The van der Waals surface area contributed by atoms with Crippen molar-refractivity contribution in [2.24, 2.45) is 11.5 Å². The summed E-state index contributed by atoms with van der Waals surface area (Å²) in [4.78, 5) is 0. The molecule has 0 aliphatic carbocycles. The minimum atomic E-state index is -1.00. The molecule has 0 unspecified atom stereocenters. The Balaban J connectivity index is -0.000000573. The second kappa shape index (κ2) is 23.2. The molecule has 0 heterocycles. The molecule has 0 aromatic rings. The maximum Gasteiger partial charge on any atom is 0.173 e. The zero-order chi connectivity index (χ0) is 18.4. The first-order chi connectivity index (χ1) is 11.1. The van der Waals surface area contributed by atoms with Crippen molar-refractivity contribution in [1.82, 2.24) is 0 Å². The van der Waals surface area contributed by atoms with E-state index in [1.54, 1.807) is 18.5 Å². The summed E-state index contributed by atoms with van der Waals surface area (Å²) in [5, 5.41) is 14.2. The van der Waals surface area contributed by atoms with Gasteiger partial charge in [-0.15, -0.1) is 0 Å². The molecule has 0 rings (SSSR count). The molecular formula is C17H39N4OP. The van der Waals surface area contributed by atoms with Crippen LogP contribution in [-0.2, 0) is 4.74 Å². The van der Waals surface area contributed by atoms with Gasteiger partial charge in [-0.05, 0) is 0 Å². The van der Waals surface area contributed by atoms with E-state index in [1.165, 1.54) is 57.1 Å². The summed E-state index contributed by atoms with van der Waals surface area (Å²) in [5.74, 6) is 0. The van der Waals surface area contributed by atoms with Crippen LogP contribution in [0.3, 0.4) is 0 Å². The summed E-state index contributed by atoms with van der Waals surface area (Å²) in [5.41, 5.74) is 8.31. The molecule has 0 radical (unpaired) electrons. The molecule has 0 spiro atoms. The van der Waals surface area contributed by atoms with Crippen LogP contribution < -0.4 is 11.5 Å². The topological polar surface area (TPSA) is 109 Å².